The molecule has 0 atom stereocenters. The Morgan fingerprint density at radius 2 is 1.64 bits per heavy atom. The fourth-order valence-corrected chi connectivity index (χ4v) is 4.19. The van der Waals surface area contributed by atoms with E-state index >= 15 is 8.78 Å². The van der Waals surface area contributed by atoms with Crippen LogP contribution < -0.4 is 0 Å². The third-order valence-corrected chi connectivity index (χ3v) is 5.99. The number of nitrogens with zero attached hydrogens (tertiary/aromatic N) is 4. The van der Waals surface area contributed by atoms with Gasteiger partial charge in [-0.3, -0.25) is 4.90 Å². The van der Waals surface area contributed by atoms with Crippen molar-refractivity contribution in [3.8, 4) is 28.3 Å². The lowest BCUT2D eigenvalue weighted by Crippen LogP contribution is -2.43. The molecule has 2 aromatic carbocycles. The topological polar surface area (TPSA) is 37.4 Å². The van der Waals surface area contributed by atoms with Crippen molar-refractivity contribution in [1.29, 1.82) is 0 Å². The fraction of sp³-hybridized carbons (Fsp3) is 0.240. The molecule has 1 saturated heterocycles. The summed E-state index contributed by atoms with van der Waals surface area (Å²) in [5.74, 6) is -1.40. The number of halogens is 3. The molecule has 0 unspecified atom stereocenters. The van der Waals surface area contributed by atoms with Crippen molar-refractivity contribution in [3.63, 3.8) is 0 Å². The second kappa shape index (κ2) is 8.88. The Balaban J connectivity index is 1.54. The molecule has 3 heterocycles. The minimum absolute atomic E-state index is 0.205. The monoisotopic (exact) mass is 452 g/mol. The van der Waals surface area contributed by atoms with Crippen molar-refractivity contribution < 1.29 is 17.6 Å². The summed E-state index contributed by atoms with van der Waals surface area (Å²) in [5, 5.41) is 4.46. The summed E-state index contributed by atoms with van der Waals surface area (Å²) in [7, 11) is 2.10. The molecule has 1 aliphatic heterocycles. The van der Waals surface area contributed by atoms with E-state index in [0.717, 1.165) is 31.7 Å². The number of aromatic nitrogens is 2. The average Bonchev–Trinajstić information content (AvgIpc) is 3.46. The first-order valence-electron chi connectivity index (χ1n) is 10.8. The van der Waals surface area contributed by atoms with E-state index in [9.17, 15) is 4.39 Å². The van der Waals surface area contributed by atoms with E-state index in [1.54, 1.807) is 24.6 Å². The second-order valence-corrected chi connectivity index (χ2v) is 8.28. The molecule has 5 rings (SSSR count). The maximum Gasteiger partial charge on any atom is 0.152 e. The van der Waals surface area contributed by atoms with Crippen LogP contribution in [0.25, 0.3) is 28.3 Å². The summed E-state index contributed by atoms with van der Waals surface area (Å²) in [4.78, 5) is 4.61. The standard InChI is InChI=1S/C25H23F3N4O/c1-30-8-10-31(11-9-30)16-18-15-29-32(25(18)23-3-2-12-33-23)20-13-21(27)24(22(28)14-20)17-4-6-19(26)7-5-17/h2-7,12-15H,8-11,16H2,1H3. The van der Waals surface area contributed by atoms with Crippen LogP contribution in [-0.4, -0.2) is 52.8 Å². The zero-order chi connectivity index (χ0) is 22.9. The number of hydrogen-bond donors (Lipinski definition) is 0. The minimum Gasteiger partial charge on any atom is -0.463 e. The highest BCUT2D eigenvalue weighted by Crippen LogP contribution is 2.32. The highest BCUT2D eigenvalue weighted by molar-refractivity contribution is 5.67. The van der Waals surface area contributed by atoms with Gasteiger partial charge in [0.05, 0.1) is 23.7 Å². The maximum atomic E-state index is 15.1. The molecule has 4 aromatic rings. The molecule has 1 fully saturated rings. The largest absolute Gasteiger partial charge is 0.463 e. The minimum atomic E-state index is -0.752. The molecule has 170 valence electrons. The van der Waals surface area contributed by atoms with Crippen LogP contribution in [0.1, 0.15) is 5.56 Å². The zero-order valence-corrected chi connectivity index (χ0v) is 18.1. The van der Waals surface area contributed by atoms with Crippen LogP contribution in [0, 0.1) is 17.5 Å². The fourth-order valence-electron chi connectivity index (χ4n) is 4.19. The Kier molecular flexibility index (Phi) is 5.78. The van der Waals surface area contributed by atoms with Crippen molar-refractivity contribution in [2.75, 3.05) is 33.2 Å². The van der Waals surface area contributed by atoms with Gasteiger partial charge < -0.3 is 9.32 Å². The summed E-state index contributed by atoms with van der Waals surface area (Å²) < 4.78 is 50.5. The number of hydrogen-bond acceptors (Lipinski definition) is 4. The van der Waals surface area contributed by atoms with Crippen molar-refractivity contribution in [3.05, 3.63) is 84.0 Å². The molecule has 0 spiro atoms. The molecule has 0 bridgehead atoms. The highest BCUT2D eigenvalue weighted by atomic mass is 19.1. The van der Waals surface area contributed by atoms with Gasteiger partial charge in [-0.1, -0.05) is 12.1 Å². The van der Waals surface area contributed by atoms with Crippen LogP contribution in [-0.2, 0) is 6.54 Å². The predicted octanol–water partition coefficient (Wildman–Crippen LogP) is 4.96. The van der Waals surface area contributed by atoms with E-state index < -0.39 is 17.5 Å². The normalized spacial score (nSPS) is 15.3. The van der Waals surface area contributed by atoms with E-state index in [4.69, 9.17) is 4.42 Å². The first-order valence-corrected chi connectivity index (χ1v) is 10.8. The number of furan rings is 1. The first kappa shape index (κ1) is 21.5. The molecule has 8 heteroatoms. The van der Waals surface area contributed by atoms with Crippen LogP contribution in [0.4, 0.5) is 13.2 Å². The van der Waals surface area contributed by atoms with Gasteiger partial charge in [0.15, 0.2) is 5.76 Å². The molecular weight excluding hydrogens is 429 g/mol. The number of likely N-dealkylation sites (N-methyl/N-ethyl adjacent to an activating group) is 1. The number of benzene rings is 2. The van der Waals surface area contributed by atoms with Crippen LogP contribution >= 0.6 is 0 Å². The summed E-state index contributed by atoms with van der Waals surface area (Å²) in [6.07, 6.45) is 3.28. The average molecular weight is 452 g/mol. The lowest BCUT2D eigenvalue weighted by Gasteiger charge is -2.32. The Labute approximate surface area is 189 Å². The third kappa shape index (κ3) is 4.31. The van der Waals surface area contributed by atoms with Crippen molar-refractivity contribution in [2.45, 2.75) is 6.54 Å². The van der Waals surface area contributed by atoms with Gasteiger partial charge in [-0.2, -0.15) is 5.10 Å². The zero-order valence-electron chi connectivity index (χ0n) is 18.1. The Bertz CT molecular complexity index is 1220. The van der Waals surface area contributed by atoms with Crippen LogP contribution in [0.2, 0.25) is 0 Å². The van der Waals surface area contributed by atoms with Gasteiger partial charge in [0.1, 0.15) is 23.1 Å². The Morgan fingerprint density at radius 1 is 0.939 bits per heavy atom. The summed E-state index contributed by atoms with van der Waals surface area (Å²) in [5.41, 5.74) is 1.88. The maximum absolute atomic E-state index is 15.1. The SMILES string of the molecule is CN1CCN(Cc2cnn(-c3cc(F)c(-c4ccc(F)cc4)c(F)c3)c2-c2ccco2)CC1. The van der Waals surface area contributed by atoms with Gasteiger partial charge >= 0.3 is 0 Å². The molecule has 1 aliphatic rings. The third-order valence-electron chi connectivity index (χ3n) is 5.99. The Morgan fingerprint density at radius 3 is 2.27 bits per heavy atom. The van der Waals surface area contributed by atoms with E-state index in [-0.39, 0.29) is 16.8 Å². The van der Waals surface area contributed by atoms with Gasteiger partial charge in [0.2, 0.25) is 0 Å². The molecule has 0 amide bonds. The first-order chi connectivity index (χ1) is 16.0. The van der Waals surface area contributed by atoms with E-state index in [2.05, 4.69) is 21.9 Å². The number of rotatable bonds is 5. The molecule has 0 radical (unpaired) electrons. The smallest absolute Gasteiger partial charge is 0.152 e. The van der Waals surface area contributed by atoms with Crippen LogP contribution in [0.5, 0.6) is 0 Å². The van der Waals surface area contributed by atoms with Gasteiger partial charge in [-0.25, -0.2) is 17.9 Å². The quantitative estimate of drug-likeness (QED) is 0.429. The molecular formula is C25H23F3N4O. The van der Waals surface area contributed by atoms with Crippen molar-refractivity contribution >= 4 is 0 Å². The van der Waals surface area contributed by atoms with E-state index in [0.29, 0.717) is 18.0 Å². The molecule has 33 heavy (non-hydrogen) atoms. The number of piperazine rings is 1. The van der Waals surface area contributed by atoms with Gasteiger partial charge in [0, 0.05) is 50.4 Å². The summed E-state index contributed by atoms with van der Waals surface area (Å²) in [6, 6.07) is 11.1. The predicted molar refractivity (Wildman–Crippen MR) is 119 cm³/mol. The lowest BCUT2D eigenvalue weighted by molar-refractivity contribution is 0.148. The molecule has 0 aliphatic carbocycles. The summed E-state index contributed by atoms with van der Waals surface area (Å²) >= 11 is 0. The van der Waals surface area contributed by atoms with Gasteiger partial charge in [-0.05, 0) is 36.9 Å². The molecule has 2 aromatic heterocycles. The lowest BCUT2D eigenvalue weighted by atomic mass is 10.0. The second-order valence-electron chi connectivity index (χ2n) is 8.28. The van der Waals surface area contributed by atoms with E-state index in [1.807, 2.05) is 0 Å². The summed E-state index contributed by atoms with van der Waals surface area (Å²) in [6.45, 7) is 4.46. The van der Waals surface area contributed by atoms with Crippen molar-refractivity contribution in [2.24, 2.45) is 0 Å². The van der Waals surface area contributed by atoms with Gasteiger partial charge in [-0.15, -0.1) is 0 Å². The van der Waals surface area contributed by atoms with Crippen LogP contribution in [0.3, 0.4) is 0 Å². The Hall–Kier alpha value is -3.36. The van der Waals surface area contributed by atoms with Crippen molar-refractivity contribution in [1.82, 2.24) is 19.6 Å². The molecule has 0 N–H and O–H groups in total. The molecule has 0 saturated carbocycles. The molecule has 5 nitrogen and oxygen atoms in total. The highest BCUT2D eigenvalue weighted by Gasteiger charge is 2.23. The van der Waals surface area contributed by atoms with E-state index in [1.165, 1.54) is 41.1 Å². The van der Waals surface area contributed by atoms with Gasteiger partial charge in [0.25, 0.3) is 0 Å². The van der Waals surface area contributed by atoms with Crippen LogP contribution in [0.15, 0.2) is 65.4 Å².